The van der Waals surface area contributed by atoms with E-state index in [1.165, 1.54) is 201 Å². The van der Waals surface area contributed by atoms with Gasteiger partial charge >= 0.3 is 0 Å². The molecule has 4 saturated carbocycles. The van der Waals surface area contributed by atoms with Gasteiger partial charge in [-0.3, -0.25) is 9.97 Å². The molecule has 0 spiro atoms. The normalized spacial score (nSPS) is 28.7. The number of benzene rings is 4. The molecule has 7 atom stereocenters. The number of pyridine rings is 2. The molecule has 0 amide bonds. The van der Waals surface area contributed by atoms with Crippen molar-refractivity contribution in [2.45, 2.75) is 204 Å². The summed E-state index contributed by atoms with van der Waals surface area (Å²) >= 11 is 0. The number of rotatable bonds is 13. The minimum Gasteiger partial charge on any atom is -0.305 e. The lowest BCUT2D eigenvalue weighted by Crippen LogP contribution is -2.37. The molecule has 384 valence electrons. The number of hydrogen-bond acceptors (Lipinski definition) is 2. The number of fused-ring (bicyclic) bond motifs is 13. The zero-order valence-corrected chi connectivity index (χ0v) is 46.3. The van der Waals surface area contributed by atoms with Crippen LogP contribution in [0.3, 0.4) is 0 Å². The maximum Gasteiger partial charge on any atom is 0.0728 e. The molecule has 18 rings (SSSR count). The minimum absolute atomic E-state index is 0.0441. The Hall–Kier alpha value is -5.02. The molecule has 8 aromatic rings. The van der Waals surface area contributed by atoms with E-state index in [-0.39, 0.29) is 10.8 Å². The van der Waals surface area contributed by atoms with E-state index in [9.17, 15) is 0 Å². The van der Waals surface area contributed by atoms with Crippen LogP contribution in [0.2, 0.25) is 0 Å². The molecule has 0 saturated heterocycles. The monoisotopic (exact) mass is 988 g/mol. The molecule has 10 aliphatic carbocycles. The molecule has 0 N–H and O–H groups in total. The molecule has 3 nitrogen and oxygen atoms in total. The van der Waals surface area contributed by atoms with Gasteiger partial charge in [0.15, 0.2) is 0 Å². The molecular weight excluding hydrogens is 907 g/mol. The van der Waals surface area contributed by atoms with Gasteiger partial charge in [-0.05, 0) is 209 Å². The van der Waals surface area contributed by atoms with Gasteiger partial charge in [-0.2, -0.15) is 0 Å². The lowest BCUT2D eigenvalue weighted by atomic mass is 9.60. The van der Waals surface area contributed by atoms with Gasteiger partial charge in [0.05, 0.1) is 28.9 Å². The van der Waals surface area contributed by atoms with Crippen LogP contribution in [0.25, 0.3) is 71.5 Å². The smallest absolute Gasteiger partial charge is 0.0728 e. The van der Waals surface area contributed by atoms with Gasteiger partial charge in [-0.1, -0.05) is 141 Å². The second kappa shape index (κ2) is 16.7. The molecule has 4 fully saturated rings. The molecule has 3 heteroatoms. The maximum absolute atomic E-state index is 5.79. The van der Waals surface area contributed by atoms with Crippen LogP contribution in [-0.4, -0.2) is 14.4 Å². The van der Waals surface area contributed by atoms with Crippen LogP contribution < -0.4 is 0 Å². The zero-order valence-electron chi connectivity index (χ0n) is 46.3. The van der Waals surface area contributed by atoms with Crippen LogP contribution in [-0.2, 0) is 10.8 Å². The Morgan fingerprint density at radius 3 is 1.73 bits per heavy atom. The maximum atomic E-state index is 5.79. The second-order valence-corrected chi connectivity index (χ2v) is 27.5. The van der Waals surface area contributed by atoms with Crippen molar-refractivity contribution in [3.8, 4) is 33.4 Å². The van der Waals surface area contributed by atoms with E-state index in [0.29, 0.717) is 35.5 Å². The van der Waals surface area contributed by atoms with E-state index in [1.807, 2.05) is 0 Å². The molecule has 4 aromatic heterocycles. The Kier molecular flexibility index (Phi) is 10.3. The summed E-state index contributed by atoms with van der Waals surface area (Å²) in [5, 5.41) is 6.37. The zero-order chi connectivity index (χ0) is 50.2. The van der Waals surface area contributed by atoms with E-state index in [2.05, 4.69) is 125 Å². The van der Waals surface area contributed by atoms with Gasteiger partial charge in [0.1, 0.15) is 0 Å². The van der Waals surface area contributed by atoms with E-state index in [0.717, 1.165) is 23.7 Å². The van der Waals surface area contributed by atoms with E-state index in [4.69, 9.17) is 9.97 Å². The van der Waals surface area contributed by atoms with Gasteiger partial charge in [-0.25, -0.2) is 0 Å². The summed E-state index contributed by atoms with van der Waals surface area (Å²) < 4.78 is 2.82. The van der Waals surface area contributed by atoms with E-state index in [1.54, 1.807) is 44.0 Å². The molecule has 75 heavy (non-hydrogen) atoms. The Labute approximate surface area is 447 Å². The molecule has 4 heterocycles. The Morgan fingerprint density at radius 2 is 1.11 bits per heavy atom. The van der Waals surface area contributed by atoms with Crippen molar-refractivity contribution < 1.29 is 0 Å². The molecule has 4 aromatic carbocycles. The van der Waals surface area contributed by atoms with Gasteiger partial charge < -0.3 is 4.40 Å². The fourth-order valence-electron chi connectivity index (χ4n) is 20.4. The van der Waals surface area contributed by atoms with Crippen LogP contribution in [0.1, 0.15) is 238 Å². The van der Waals surface area contributed by atoms with Gasteiger partial charge in [0, 0.05) is 55.6 Å². The molecule has 0 aliphatic heterocycles. The van der Waals surface area contributed by atoms with Crippen molar-refractivity contribution in [3.05, 3.63) is 124 Å². The van der Waals surface area contributed by atoms with Crippen molar-refractivity contribution in [3.63, 3.8) is 0 Å². The lowest BCUT2D eigenvalue weighted by Gasteiger charge is -2.43. The van der Waals surface area contributed by atoms with Crippen LogP contribution in [0.5, 0.6) is 0 Å². The Bertz CT molecular complexity index is 3610. The summed E-state index contributed by atoms with van der Waals surface area (Å²) in [6.45, 7) is 14.9. The average molecular weight is 988 g/mol. The molecule has 0 radical (unpaired) electrons. The highest BCUT2D eigenvalue weighted by Crippen LogP contribution is 2.66. The highest BCUT2D eigenvalue weighted by Gasteiger charge is 2.53. The van der Waals surface area contributed by atoms with Gasteiger partial charge in [-0.15, -0.1) is 0 Å². The summed E-state index contributed by atoms with van der Waals surface area (Å²) in [5.74, 6) is 6.99. The minimum atomic E-state index is -0.138. The van der Waals surface area contributed by atoms with Gasteiger partial charge in [0.2, 0.25) is 0 Å². The lowest BCUT2D eigenvalue weighted by molar-refractivity contribution is 0.165. The predicted molar refractivity (Wildman–Crippen MR) is 313 cm³/mol. The molecular formula is C72H81N3. The first kappa shape index (κ1) is 46.1. The first-order valence-corrected chi connectivity index (χ1v) is 31.2. The Balaban J connectivity index is 1.04. The highest BCUT2D eigenvalue weighted by molar-refractivity contribution is 6.28. The van der Waals surface area contributed by atoms with Crippen molar-refractivity contribution in [2.24, 2.45) is 35.5 Å². The van der Waals surface area contributed by atoms with Crippen molar-refractivity contribution >= 4 is 38.1 Å². The van der Waals surface area contributed by atoms with E-state index >= 15 is 0 Å². The number of aromatic nitrogens is 3. The number of unbranched alkanes of at least 4 members (excludes halogenated alkanes) is 3. The highest BCUT2D eigenvalue weighted by atomic mass is 15.0. The van der Waals surface area contributed by atoms with Crippen LogP contribution >= 0.6 is 0 Å². The molecule has 7 unspecified atom stereocenters. The van der Waals surface area contributed by atoms with Gasteiger partial charge in [0.25, 0.3) is 0 Å². The third-order valence-corrected chi connectivity index (χ3v) is 23.3. The van der Waals surface area contributed by atoms with Crippen molar-refractivity contribution in [1.82, 2.24) is 14.4 Å². The fraction of sp³-hybridized carbons (Fsp3) is 0.528. The number of hydrogen-bond donors (Lipinski definition) is 0. The second-order valence-electron chi connectivity index (χ2n) is 27.5. The average Bonchev–Trinajstić information content (AvgIpc) is 4.12. The fourth-order valence-corrected chi connectivity index (χ4v) is 20.4. The first-order valence-electron chi connectivity index (χ1n) is 31.2. The number of nitrogens with zero attached hydrogens (tertiary/aromatic N) is 3. The summed E-state index contributed by atoms with van der Waals surface area (Å²) in [6.07, 6.45) is 31.2. The van der Waals surface area contributed by atoms with Crippen LogP contribution in [0.4, 0.5) is 0 Å². The predicted octanol–water partition coefficient (Wildman–Crippen LogP) is 19.9. The Morgan fingerprint density at radius 1 is 0.533 bits per heavy atom. The summed E-state index contributed by atoms with van der Waals surface area (Å²) in [5.41, 5.74) is 25.5. The third-order valence-electron chi connectivity index (χ3n) is 23.3. The largest absolute Gasteiger partial charge is 0.305 e. The first-order chi connectivity index (χ1) is 36.7. The van der Waals surface area contributed by atoms with Crippen molar-refractivity contribution in [1.29, 1.82) is 0 Å². The van der Waals surface area contributed by atoms with E-state index < -0.39 is 0 Å². The third kappa shape index (κ3) is 6.28. The van der Waals surface area contributed by atoms with Crippen LogP contribution in [0, 0.1) is 35.5 Å². The summed E-state index contributed by atoms with van der Waals surface area (Å²) in [4.78, 5) is 11.5. The topological polar surface area (TPSA) is 30.2 Å². The molecule has 8 bridgehead atoms. The molecule has 10 aliphatic rings. The SMILES string of the molecule is CCCCCC(CC)C1(CC(CC)CCCC)c2cc(-c3ccc4c(c3)C(C)(C)c3ccccc3-4)ccc2-c2cc3c4c5c(ncc4n4c6cnc7c(c6c(c21)c34)C1CC2CC(CC7C2)C1)C1CC2CC(C1)CC5C2. The van der Waals surface area contributed by atoms with Crippen molar-refractivity contribution in [2.75, 3.05) is 0 Å². The summed E-state index contributed by atoms with van der Waals surface area (Å²) in [7, 11) is 0. The summed E-state index contributed by atoms with van der Waals surface area (Å²) in [6, 6.07) is 27.6. The van der Waals surface area contributed by atoms with Crippen LogP contribution in [0.15, 0.2) is 79.1 Å². The standard InChI is InChI=1S/C72H81N3/c1-7-11-13-17-51(10-4)72(37-40(9-3)16-12-8-2)59-35-46(45-20-22-53-52-18-14-15-19-57(52)71(5,6)58(53)34-45)21-23-54(59)55-36-56-64-60(38-73-68-49-30-41-24-42(31-49)27-47(26-41)62(64)68)75-61-39-74-69-50-32-43-25-44(33-50)29-48(28-43)63(69)65(61)66(67(55)72)70(56)75/h14-15,18-23,34-36,38-44,47-51H,7-13,16-17,24-33,37H2,1-6H3. The quantitative estimate of drug-likeness (QED) is 0.108.